The SMILES string of the molecule is CCN(NC)C(=O)OCc1ccccc1. The van der Waals surface area contributed by atoms with Crippen LogP contribution in [0, 0.1) is 0 Å². The van der Waals surface area contributed by atoms with E-state index in [9.17, 15) is 4.79 Å². The van der Waals surface area contributed by atoms with Crippen molar-refractivity contribution in [2.75, 3.05) is 13.6 Å². The molecule has 1 N–H and O–H groups in total. The van der Waals surface area contributed by atoms with Crippen LogP contribution >= 0.6 is 0 Å². The fourth-order valence-electron chi connectivity index (χ4n) is 1.18. The Kier molecular flexibility index (Phi) is 4.63. The smallest absolute Gasteiger partial charge is 0.424 e. The summed E-state index contributed by atoms with van der Waals surface area (Å²) >= 11 is 0. The van der Waals surface area contributed by atoms with Gasteiger partial charge < -0.3 is 4.74 Å². The van der Waals surface area contributed by atoms with Gasteiger partial charge in [0.1, 0.15) is 6.61 Å². The van der Waals surface area contributed by atoms with Gasteiger partial charge in [0.05, 0.1) is 0 Å². The number of amides is 1. The molecule has 0 bridgehead atoms. The molecule has 0 heterocycles. The molecule has 4 heteroatoms. The van der Waals surface area contributed by atoms with Gasteiger partial charge in [-0.2, -0.15) is 0 Å². The number of hydrazine groups is 1. The first kappa shape index (κ1) is 11.5. The first-order chi connectivity index (χ1) is 7.27. The molecule has 0 saturated heterocycles. The van der Waals surface area contributed by atoms with Crippen molar-refractivity contribution in [3.63, 3.8) is 0 Å². The second-order valence-electron chi connectivity index (χ2n) is 3.01. The van der Waals surface area contributed by atoms with Crippen molar-refractivity contribution < 1.29 is 9.53 Å². The third-order valence-electron chi connectivity index (χ3n) is 2.01. The first-order valence-electron chi connectivity index (χ1n) is 4.93. The van der Waals surface area contributed by atoms with Crippen molar-refractivity contribution in [3.05, 3.63) is 35.9 Å². The summed E-state index contributed by atoms with van der Waals surface area (Å²) < 4.78 is 5.10. The predicted molar refractivity (Wildman–Crippen MR) is 58.1 cm³/mol. The highest BCUT2D eigenvalue weighted by Gasteiger charge is 2.10. The predicted octanol–water partition coefficient (Wildman–Crippen LogP) is 1.78. The quantitative estimate of drug-likeness (QED) is 0.767. The normalized spacial score (nSPS) is 9.73. The summed E-state index contributed by atoms with van der Waals surface area (Å²) in [5, 5.41) is 1.41. The molecule has 0 aromatic heterocycles. The van der Waals surface area contributed by atoms with Crippen LogP contribution in [0.15, 0.2) is 30.3 Å². The van der Waals surface area contributed by atoms with Crippen molar-refractivity contribution in [2.24, 2.45) is 0 Å². The van der Waals surface area contributed by atoms with Gasteiger partial charge in [-0.1, -0.05) is 30.3 Å². The zero-order valence-corrected chi connectivity index (χ0v) is 9.06. The zero-order valence-electron chi connectivity index (χ0n) is 9.06. The van der Waals surface area contributed by atoms with Crippen molar-refractivity contribution >= 4 is 6.09 Å². The fourth-order valence-corrected chi connectivity index (χ4v) is 1.18. The van der Waals surface area contributed by atoms with E-state index >= 15 is 0 Å². The second kappa shape index (κ2) is 6.03. The van der Waals surface area contributed by atoms with Crippen LogP contribution in [-0.4, -0.2) is 24.7 Å². The Hall–Kier alpha value is -1.55. The van der Waals surface area contributed by atoms with Gasteiger partial charge in [0.25, 0.3) is 0 Å². The van der Waals surface area contributed by atoms with Crippen molar-refractivity contribution in [2.45, 2.75) is 13.5 Å². The number of nitrogens with zero attached hydrogens (tertiary/aromatic N) is 1. The van der Waals surface area contributed by atoms with Crippen molar-refractivity contribution in [1.29, 1.82) is 0 Å². The number of rotatable bonds is 4. The maximum Gasteiger partial charge on any atom is 0.424 e. The molecule has 1 rings (SSSR count). The minimum absolute atomic E-state index is 0.303. The molecule has 0 fully saturated rings. The van der Waals surface area contributed by atoms with Crippen LogP contribution in [0.25, 0.3) is 0 Å². The molecular formula is C11H16N2O2. The van der Waals surface area contributed by atoms with E-state index < -0.39 is 0 Å². The highest BCUT2D eigenvalue weighted by atomic mass is 16.6. The van der Waals surface area contributed by atoms with Gasteiger partial charge in [-0.05, 0) is 12.5 Å². The van der Waals surface area contributed by atoms with E-state index in [0.717, 1.165) is 5.56 Å². The molecule has 1 aromatic carbocycles. The van der Waals surface area contributed by atoms with E-state index in [4.69, 9.17) is 4.74 Å². The van der Waals surface area contributed by atoms with Gasteiger partial charge in [0, 0.05) is 13.6 Å². The zero-order chi connectivity index (χ0) is 11.1. The Labute approximate surface area is 89.8 Å². The summed E-state index contributed by atoms with van der Waals surface area (Å²) in [6.45, 7) is 2.75. The lowest BCUT2D eigenvalue weighted by Crippen LogP contribution is -2.40. The van der Waals surface area contributed by atoms with E-state index in [1.807, 2.05) is 37.3 Å². The van der Waals surface area contributed by atoms with Crippen LogP contribution in [0.5, 0.6) is 0 Å². The highest BCUT2D eigenvalue weighted by molar-refractivity contribution is 5.66. The van der Waals surface area contributed by atoms with Gasteiger partial charge in [0.2, 0.25) is 0 Å². The molecule has 0 spiro atoms. The van der Waals surface area contributed by atoms with E-state index in [-0.39, 0.29) is 6.09 Å². The summed E-state index contributed by atoms with van der Waals surface area (Å²) in [5.41, 5.74) is 3.73. The Morgan fingerprint density at radius 3 is 2.60 bits per heavy atom. The molecular weight excluding hydrogens is 192 g/mol. The molecule has 0 unspecified atom stereocenters. The monoisotopic (exact) mass is 208 g/mol. The number of carbonyl (C=O) groups is 1. The third-order valence-corrected chi connectivity index (χ3v) is 2.01. The standard InChI is InChI=1S/C11H16N2O2/c1-3-13(12-2)11(14)15-9-10-7-5-4-6-8-10/h4-8,12H,3,9H2,1-2H3. The van der Waals surface area contributed by atoms with Gasteiger partial charge in [-0.3, -0.25) is 0 Å². The molecule has 4 nitrogen and oxygen atoms in total. The molecule has 0 aliphatic heterocycles. The molecule has 15 heavy (non-hydrogen) atoms. The first-order valence-corrected chi connectivity index (χ1v) is 4.93. The Balaban J connectivity index is 2.40. The minimum atomic E-state index is -0.358. The molecule has 0 aliphatic rings. The largest absolute Gasteiger partial charge is 0.444 e. The Morgan fingerprint density at radius 2 is 2.07 bits per heavy atom. The third kappa shape index (κ3) is 3.59. The molecule has 0 atom stereocenters. The van der Waals surface area contributed by atoms with Crippen LogP contribution < -0.4 is 5.43 Å². The lowest BCUT2D eigenvalue weighted by molar-refractivity contribution is 0.0836. The molecule has 82 valence electrons. The van der Waals surface area contributed by atoms with Crippen LogP contribution in [-0.2, 0) is 11.3 Å². The van der Waals surface area contributed by atoms with Crippen LogP contribution in [0.4, 0.5) is 4.79 Å². The lowest BCUT2D eigenvalue weighted by atomic mass is 10.2. The molecule has 1 aromatic rings. The molecule has 0 aliphatic carbocycles. The number of ether oxygens (including phenoxy) is 1. The van der Waals surface area contributed by atoms with Crippen LogP contribution in [0.2, 0.25) is 0 Å². The number of hydrogen-bond donors (Lipinski definition) is 1. The van der Waals surface area contributed by atoms with E-state index in [2.05, 4.69) is 5.43 Å². The summed E-state index contributed by atoms with van der Waals surface area (Å²) in [6.07, 6.45) is -0.358. The maximum atomic E-state index is 11.4. The summed E-state index contributed by atoms with van der Waals surface area (Å²) in [4.78, 5) is 11.4. The maximum absolute atomic E-state index is 11.4. The molecule has 0 saturated carbocycles. The van der Waals surface area contributed by atoms with Gasteiger partial charge in [0.15, 0.2) is 0 Å². The van der Waals surface area contributed by atoms with E-state index in [1.165, 1.54) is 5.01 Å². The number of hydrogen-bond acceptors (Lipinski definition) is 3. The Morgan fingerprint density at radius 1 is 1.40 bits per heavy atom. The van der Waals surface area contributed by atoms with Gasteiger partial charge in [-0.15, -0.1) is 0 Å². The number of benzene rings is 1. The van der Waals surface area contributed by atoms with Crippen LogP contribution in [0.1, 0.15) is 12.5 Å². The van der Waals surface area contributed by atoms with Gasteiger partial charge >= 0.3 is 6.09 Å². The molecule has 0 radical (unpaired) electrons. The van der Waals surface area contributed by atoms with Gasteiger partial charge in [-0.25, -0.2) is 15.2 Å². The summed E-state index contributed by atoms with van der Waals surface area (Å²) in [5.74, 6) is 0. The number of carbonyl (C=O) groups excluding carboxylic acids is 1. The Bertz CT molecular complexity index is 297. The summed E-state index contributed by atoms with van der Waals surface area (Å²) in [6, 6.07) is 9.60. The average molecular weight is 208 g/mol. The fraction of sp³-hybridized carbons (Fsp3) is 0.364. The van der Waals surface area contributed by atoms with Crippen molar-refractivity contribution in [1.82, 2.24) is 10.4 Å². The summed E-state index contributed by atoms with van der Waals surface area (Å²) in [7, 11) is 1.69. The molecule has 1 amide bonds. The van der Waals surface area contributed by atoms with Crippen molar-refractivity contribution in [3.8, 4) is 0 Å². The van der Waals surface area contributed by atoms with E-state index in [1.54, 1.807) is 7.05 Å². The van der Waals surface area contributed by atoms with E-state index in [0.29, 0.717) is 13.2 Å². The topological polar surface area (TPSA) is 41.6 Å². The van der Waals surface area contributed by atoms with Crippen LogP contribution in [0.3, 0.4) is 0 Å². The minimum Gasteiger partial charge on any atom is -0.444 e. The second-order valence-corrected chi connectivity index (χ2v) is 3.01. The average Bonchev–Trinajstić information content (AvgIpc) is 2.29. The lowest BCUT2D eigenvalue weighted by Gasteiger charge is -2.18. The highest BCUT2D eigenvalue weighted by Crippen LogP contribution is 2.01. The number of nitrogens with one attached hydrogen (secondary N) is 1.